The third kappa shape index (κ3) is 3.76. The van der Waals surface area contributed by atoms with Gasteiger partial charge in [0.1, 0.15) is 5.01 Å². The van der Waals surface area contributed by atoms with Crippen molar-refractivity contribution in [1.82, 2.24) is 15.6 Å². The van der Waals surface area contributed by atoms with Crippen LogP contribution in [0.4, 0.5) is 0 Å². The minimum Gasteiger partial charge on any atom is -0.317 e. The molecule has 2 heterocycles. The van der Waals surface area contributed by atoms with E-state index in [0.29, 0.717) is 12.1 Å². The summed E-state index contributed by atoms with van der Waals surface area (Å²) in [4.78, 5) is 5.90. The maximum absolute atomic E-state index is 4.52. The summed E-state index contributed by atoms with van der Waals surface area (Å²) in [5, 5.41) is 8.41. The van der Waals surface area contributed by atoms with Crippen LogP contribution in [0.15, 0.2) is 6.20 Å². The fraction of sp³-hybridized carbons (Fsp3) is 0.769. The van der Waals surface area contributed by atoms with Gasteiger partial charge in [-0.3, -0.25) is 0 Å². The molecule has 4 heteroatoms. The fourth-order valence-electron chi connectivity index (χ4n) is 2.30. The van der Waals surface area contributed by atoms with Gasteiger partial charge in [-0.05, 0) is 45.7 Å². The monoisotopic (exact) mass is 253 g/mol. The molecular weight excluding hydrogens is 230 g/mol. The number of hydrogen-bond donors (Lipinski definition) is 2. The molecule has 2 N–H and O–H groups in total. The van der Waals surface area contributed by atoms with E-state index in [1.54, 1.807) is 0 Å². The molecule has 17 heavy (non-hydrogen) atoms. The zero-order valence-electron chi connectivity index (χ0n) is 10.8. The van der Waals surface area contributed by atoms with E-state index in [1.165, 1.54) is 35.7 Å². The average Bonchev–Trinajstić information content (AvgIpc) is 2.68. The molecule has 0 radical (unpaired) electrons. The van der Waals surface area contributed by atoms with Crippen molar-refractivity contribution < 1.29 is 0 Å². The Morgan fingerprint density at radius 1 is 1.53 bits per heavy atom. The van der Waals surface area contributed by atoms with Crippen molar-refractivity contribution in [2.75, 3.05) is 13.1 Å². The third-order valence-electron chi connectivity index (χ3n) is 3.35. The lowest BCUT2D eigenvalue weighted by molar-refractivity contribution is 0.420. The van der Waals surface area contributed by atoms with Crippen LogP contribution < -0.4 is 10.6 Å². The highest BCUT2D eigenvalue weighted by Crippen LogP contribution is 2.21. The van der Waals surface area contributed by atoms with Gasteiger partial charge >= 0.3 is 0 Å². The maximum atomic E-state index is 4.52. The maximum Gasteiger partial charge on any atom is 0.109 e. The standard InChI is InChI=1S/C13H23N3S/c1-3-12-9-15-13(17-12)10(2)16-11-5-4-7-14-8-6-11/h9-11,14,16H,3-8H2,1-2H3. The normalized spacial score (nSPS) is 23.3. The van der Waals surface area contributed by atoms with Gasteiger partial charge in [0, 0.05) is 17.1 Å². The molecule has 0 spiro atoms. The van der Waals surface area contributed by atoms with Gasteiger partial charge in [0.2, 0.25) is 0 Å². The Labute approximate surface area is 108 Å². The van der Waals surface area contributed by atoms with Crippen molar-refractivity contribution in [1.29, 1.82) is 0 Å². The number of nitrogens with one attached hydrogen (secondary N) is 2. The summed E-state index contributed by atoms with van der Waals surface area (Å²) in [7, 11) is 0. The van der Waals surface area contributed by atoms with E-state index in [1.807, 2.05) is 17.5 Å². The van der Waals surface area contributed by atoms with Gasteiger partial charge in [-0.15, -0.1) is 11.3 Å². The second kappa shape index (κ2) is 6.47. The van der Waals surface area contributed by atoms with Gasteiger partial charge in [-0.2, -0.15) is 0 Å². The molecule has 2 unspecified atom stereocenters. The molecule has 1 aromatic rings. The van der Waals surface area contributed by atoms with E-state index >= 15 is 0 Å². The smallest absolute Gasteiger partial charge is 0.109 e. The van der Waals surface area contributed by atoms with Crippen LogP contribution in [0.2, 0.25) is 0 Å². The summed E-state index contributed by atoms with van der Waals surface area (Å²) in [6.07, 6.45) is 6.91. The van der Waals surface area contributed by atoms with Crippen LogP contribution in [0.1, 0.15) is 49.0 Å². The Bertz CT molecular complexity index is 329. The molecule has 0 bridgehead atoms. The van der Waals surface area contributed by atoms with E-state index in [0.717, 1.165) is 13.0 Å². The van der Waals surface area contributed by atoms with Crippen molar-refractivity contribution in [2.45, 2.75) is 51.6 Å². The summed E-state index contributed by atoms with van der Waals surface area (Å²) >= 11 is 1.85. The minimum absolute atomic E-state index is 0.392. The first kappa shape index (κ1) is 13.0. The number of aromatic nitrogens is 1. The lowest BCUT2D eigenvalue weighted by Crippen LogP contribution is -2.32. The summed E-state index contributed by atoms with van der Waals surface area (Å²) < 4.78 is 0. The molecule has 1 aliphatic rings. The van der Waals surface area contributed by atoms with Gasteiger partial charge in [-0.25, -0.2) is 4.98 Å². The SMILES string of the molecule is CCc1cnc(C(C)NC2CCCNCC2)s1. The molecule has 2 rings (SSSR count). The van der Waals surface area contributed by atoms with Crippen LogP contribution >= 0.6 is 11.3 Å². The first-order valence-electron chi connectivity index (χ1n) is 6.71. The van der Waals surface area contributed by atoms with Crippen molar-refractivity contribution >= 4 is 11.3 Å². The van der Waals surface area contributed by atoms with Gasteiger partial charge < -0.3 is 10.6 Å². The fourth-order valence-corrected chi connectivity index (χ4v) is 3.17. The highest BCUT2D eigenvalue weighted by Gasteiger charge is 2.17. The van der Waals surface area contributed by atoms with Crippen molar-refractivity contribution in [3.05, 3.63) is 16.1 Å². The summed E-state index contributed by atoms with van der Waals surface area (Å²) in [5.41, 5.74) is 0. The Morgan fingerprint density at radius 3 is 3.18 bits per heavy atom. The Kier molecular flexibility index (Phi) is 4.95. The van der Waals surface area contributed by atoms with Crippen LogP contribution in [0.3, 0.4) is 0 Å². The molecule has 1 aromatic heterocycles. The van der Waals surface area contributed by atoms with Gasteiger partial charge in [0.15, 0.2) is 0 Å². The second-order valence-electron chi connectivity index (χ2n) is 4.78. The molecular formula is C13H23N3S. The number of nitrogens with zero attached hydrogens (tertiary/aromatic N) is 1. The first-order chi connectivity index (χ1) is 8.29. The summed E-state index contributed by atoms with van der Waals surface area (Å²) in [5.74, 6) is 0. The topological polar surface area (TPSA) is 37.0 Å². The van der Waals surface area contributed by atoms with Gasteiger partial charge in [-0.1, -0.05) is 6.92 Å². The predicted molar refractivity (Wildman–Crippen MR) is 73.6 cm³/mol. The van der Waals surface area contributed by atoms with Crippen molar-refractivity contribution in [3.8, 4) is 0 Å². The number of rotatable bonds is 4. The van der Waals surface area contributed by atoms with E-state index in [2.05, 4.69) is 29.5 Å². The van der Waals surface area contributed by atoms with Crippen LogP contribution in [0.5, 0.6) is 0 Å². The van der Waals surface area contributed by atoms with Crippen LogP contribution in [0, 0.1) is 0 Å². The number of thiazole rings is 1. The largest absolute Gasteiger partial charge is 0.317 e. The van der Waals surface area contributed by atoms with Crippen molar-refractivity contribution in [2.24, 2.45) is 0 Å². The van der Waals surface area contributed by atoms with E-state index in [9.17, 15) is 0 Å². The predicted octanol–water partition coefficient (Wildman–Crippen LogP) is 2.50. The quantitative estimate of drug-likeness (QED) is 0.865. The Morgan fingerprint density at radius 2 is 2.41 bits per heavy atom. The molecule has 1 aliphatic heterocycles. The minimum atomic E-state index is 0.392. The van der Waals surface area contributed by atoms with Gasteiger partial charge in [0.05, 0.1) is 6.04 Å². The molecule has 1 saturated heterocycles. The van der Waals surface area contributed by atoms with E-state index in [4.69, 9.17) is 0 Å². The highest BCUT2D eigenvalue weighted by atomic mass is 32.1. The summed E-state index contributed by atoms with van der Waals surface area (Å²) in [6, 6.07) is 1.04. The average molecular weight is 253 g/mol. The lowest BCUT2D eigenvalue weighted by Gasteiger charge is -2.20. The zero-order valence-corrected chi connectivity index (χ0v) is 11.6. The molecule has 3 nitrogen and oxygen atoms in total. The second-order valence-corrected chi connectivity index (χ2v) is 5.93. The van der Waals surface area contributed by atoms with Crippen LogP contribution in [-0.2, 0) is 6.42 Å². The molecule has 2 atom stereocenters. The van der Waals surface area contributed by atoms with Gasteiger partial charge in [0.25, 0.3) is 0 Å². The highest BCUT2D eigenvalue weighted by molar-refractivity contribution is 7.11. The van der Waals surface area contributed by atoms with Crippen molar-refractivity contribution in [3.63, 3.8) is 0 Å². The molecule has 96 valence electrons. The van der Waals surface area contributed by atoms with Crippen LogP contribution in [0.25, 0.3) is 0 Å². The van der Waals surface area contributed by atoms with E-state index in [-0.39, 0.29) is 0 Å². The molecule has 0 saturated carbocycles. The lowest BCUT2D eigenvalue weighted by atomic mass is 10.1. The Hall–Kier alpha value is -0.450. The third-order valence-corrected chi connectivity index (χ3v) is 4.68. The summed E-state index contributed by atoms with van der Waals surface area (Å²) in [6.45, 7) is 6.73. The zero-order chi connectivity index (χ0) is 12.1. The molecule has 1 fully saturated rings. The molecule has 0 aromatic carbocycles. The molecule has 0 aliphatic carbocycles. The Balaban J connectivity index is 1.88. The first-order valence-corrected chi connectivity index (χ1v) is 7.52. The number of hydrogen-bond acceptors (Lipinski definition) is 4. The van der Waals surface area contributed by atoms with E-state index < -0.39 is 0 Å². The van der Waals surface area contributed by atoms with Crippen LogP contribution in [-0.4, -0.2) is 24.1 Å². The number of aryl methyl sites for hydroxylation is 1. The molecule has 0 amide bonds.